The number of halogens is 1. The van der Waals surface area contributed by atoms with Gasteiger partial charge in [-0.1, -0.05) is 78.3 Å². The van der Waals surface area contributed by atoms with Gasteiger partial charge in [0.2, 0.25) is 11.8 Å². The van der Waals surface area contributed by atoms with Crippen LogP contribution in [0.15, 0.2) is 77.3 Å². The van der Waals surface area contributed by atoms with Crippen LogP contribution in [0, 0.1) is 17.8 Å². The van der Waals surface area contributed by atoms with Crippen LogP contribution in [0.3, 0.4) is 0 Å². The molecule has 39 heavy (non-hydrogen) atoms. The van der Waals surface area contributed by atoms with Crippen molar-refractivity contribution in [3.05, 3.63) is 99.5 Å². The molecule has 1 fully saturated rings. The number of rotatable bonds is 6. The van der Waals surface area contributed by atoms with Gasteiger partial charge in [-0.25, -0.2) is 4.79 Å². The van der Waals surface area contributed by atoms with Crippen LogP contribution in [0.25, 0.3) is 0 Å². The van der Waals surface area contributed by atoms with Crippen molar-refractivity contribution < 1.29 is 23.9 Å². The van der Waals surface area contributed by atoms with Gasteiger partial charge in [-0.05, 0) is 52.4 Å². The van der Waals surface area contributed by atoms with Crippen molar-refractivity contribution in [3.63, 3.8) is 0 Å². The molecule has 4 aliphatic rings. The van der Waals surface area contributed by atoms with Crippen LogP contribution in [0.2, 0.25) is 0 Å². The maximum absolute atomic E-state index is 14.0. The Bertz CT molecular complexity index is 1390. The maximum Gasteiger partial charge on any atom is 0.330 e. The van der Waals surface area contributed by atoms with E-state index in [1.54, 1.807) is 38.1 Å². The van der Waals surface area contributed by atoms with Gasteiger partial charge >= 0.3 is 5.97 Å². The second-order valence-electron chi connectivity index (χ2n) is 10.7. The molecule has 3 amide bonds. The number of carbonyl (C=O) groups is 4. The first-order valence-electron chi connectivity index (χ1n) is 13.0. The Hall–Kier alpha value is -3.78. The van der Waals surface area contributed by atoms with Crippen LogP contribution >= 0.6 is 15.9 Å². The molecular formula is C31H27BrN2O5. The van der Waals surface area contributed by atoms with Crippen molar-refractivity contribution in [1.29, 1.82) is 0 Å². The Morgan fingerprint density at radius 3 is 1.72 bits per heavy atom. The Labute approximate surface area is 234 Å². The average molecular weight is 587 g/mol. The average Bonchev–Trinajstić information content (AvgIpc) is 3.19. The van der Waals surface area contributed by atoms with E-state index in [2.05, 4.69) is 21.2 Å². The van der Waals surface area contributed by atoms with E-state index in [1.807, 2.05) is 48.5 Å². The van der Waals surface area contributed by atoms with Gasteiger partial charge < -0.3 is 10.1 Å². The summed E-state index contributed by atoms with van der Waals surface area (Å²) in [5, 5.41) is 2.68. The number of nitrogens with zero attached hydrogens (tertiary/aromatic N) is 1. The fourth-order valence-electron chi connectivity index (χ4n) is 6.60. The number of esters is 1. The van der Waals surface area contributed by atoms with Crippen molar-refractivity contribution >= 4 is 45.3 Å². The van der Waals surface area contributed by atoms with E-state index < -0.39 is 42.3 Å². The highest BCUT2D eigenvalue weighted by molar-refractivity contribution is 9.10. The number of likely N-dealkylation sites (tertiary alicyclic amines) is 1. The first-order valence-corrected chi connectivity index (χ1v) is 13.8. The molecule has 7 rings (SSSR count). The van der Waals surface area contributed by atoms with Crippen LogP contribution in [0.1, 0.15) is 47.9 Å². The smallest absolute Gasteiger partial charge is 0.330 e. The van der Waals surface area contributed by atoms with E-state index in [-0.39, 0.29) is 23.7 Å². The number of carbonyl (C=O) groups excluding carboxylic acids is 4. The van der Waals surface area contributed by atoms with Crippen LogP contribution in [0.5, 0.6) is 0 Å². The van der Waals surface area contributed by atoms with Gasteiger partial charge in [0.05, 0.1) is 11.8 Å². The van der Waals surface area contributed by atoms with Crippen LogP contribution < -0.4 is 5.32 Å². The third-order valence-corrected chi connectivity index (χ3v) is 8.64. The number of hydrogen-bond donors (Lipinski definition) is 1. The van der Waals surface area contributed by atoms with E-state index in [4.69, 9.17) is 4.74 Å². The molecule has 3 aliphatic carbocycles. The predicted molar refractivity (Wildman–Crippen MR) is 148 cm³/mol. The van der Waals surface area contributed by atoms with Crippen molar-refractivity contribution in [1.82, 2.24) is 4.90 Å². The molecule has 7 nitrogen and oxygen atoms in total. The lowest BCUT2D eigenvalue weighted by Crippen LogP contribution is -2.49. The quantitative estimate of drug-likeness (QED) is 0.329. The van der Waals surface area contributed by atoms with Gasteiger partial charge in [-0.3, -0.25) is 19.3 Å². The molecule has 1 heterocycles. The Morgan fingerprint density at radius 2 is 1.28 bits per heavy atom. The monoisotopic (exact) mass is 586 g/mol. The number of hydrogen-bond acceptors (Lipinski definition) is 5. The summed E-state index contributed by atoms with van der Waals surface area (Å²) in [4.78, 5) is 55.0. The SMILES string of the molecule is CC(C)[C@H](C(=O)OCC(=O)Nc1ccc(Br)cc1)N1C(=O)[C@@H]2C3c4ccccc4C(c4ccccc43)[C@H]2C1=O. The molecule has 8 heteroatoms. The minimum absolute atomic E-state index is 0.255. The highest BCUT2D eigenvalue weighted by atomic mass is 79.9. The molecule has 0 spiro atoms. The fourth-order valence-corrected chi connectivity index (χ4v) is 6.87. The first kappa shape index (κ1) is 25.5. The molecule has 1 N–H and O–H groups in total. The molecule has 3 aromatic rings. The zero-order chi connectivity index (χ0) is 27.4. The summed E-state index contributed by atoms with van der Waals surface area (Å²) in [6.07, 6.45) is 0. The lowest BCUT2D eigenvalue weighted by Gasteiger charge is -2.45. The Kier molecular flexibility index (Phi) is 6.38. The third-order valence-electron chi connectivity index (χ3n) is 8.11. The zero-order valence-electron chi connectivity index (χ0n) is 21.5. The number of nitrogens with one attached hydrogen (secondary N) is 1. The van der Waals surface area contributed by atoms with Gasteiger partial charge in [0.25, 0.3) is 5.91 Å². The minimum Gasteiger partial charge on any atom is -0.454 e. The zero-order valence-corrected chi connectivity index (χ0v) is 23.1. The molecule has 0 aromatic heterocycles. The number of imide groups is 1. The highest BCUT2D eigenvalue weighted by Gasteiger charge is 2.63. The number of benzene rings is 3. The summed E-state index contributed by atoms with van der Waals surface area (Å²) in [6, 6.07) is 21.9. The molecule has 1 aliphatic heterocycles. The normalized spacial score (nSPS) is 23.2. The molecule has 3 atom stereocenters. The molecule has 1 saturated heterocycles. The van der Waals surface area contributed by atoms with E-state index in [0.29, 0.717) is 5.69 Å². The van der Waals surface area contributed by atoms with Gasteiger partial charge in [-0.15, -0.1) is 0 Å². The van der Waals surface area contributed by atoms with Gasteiger partial charge in [0.15, 0.2) is 6.61 Å². The van der Waals surface area contributed by atoms with Gasteiger partial charge in [0, 0.05) is 22.0 Å². The second kappa shape index (κ2) is 9.75. The lowest BCUT2D eigenvalue weighted by molar-refractivity contribution is -0.162. The summed E-state index contributed by atoms with van der Waals surface area (Å²) >= 11 is 3.34. The molecule has 0 saturated carbocycles. The molecule has 0 radical (unpaired) electrons. The lowest BCUT2D eigenvalue weighted by atomic mass is 9.55. The number of anilines is 1. The largest absolute Gasteiger partial charge is 0.454 e. The highest BCUT2D eigenvalue weighted by Crippen LogP contribution is 2.61. The molecular weight excluding hydrogens is 560 g/mol. The summed E-state index contributed by atoms with van der Waals surface area (Å²) < 4.78 is 6.24. The van der Waals surface area contributed by atoms with Crippen molar-refractivity contribution in [2.75, 3.05) is 11.9 Å². The van der Waals surface area contributed by atoms with Crippen LogP contribution in [-0.4, -0.2) is 41.2 Å². The molecule has 3 aromatic carbocycles. The molecule has 198 valence electrons. The Morgan fingerprint density at radius 1 is 0.821 bits per heavy atom. The Balaban J connectivity index is 1.26. The van der Waals surface area contributed by atoms with Gasteiger partial charge in [-0.2, -0.15) is 0 Å². The number of ether oxygens (including phenoxy) is 1. The van der Waals surface area contributed by atoms with Gasteiger partial charge in [0.1, 0.15) is 6.04 Å². The van der Waals surface area contributed by atoms with E-state index >= 15 is 0 Å². The maximum atomic E-state index is 14.0. The third kappa shape index (κ3) is 4.09. The minimum atomic E-state index is -1.12. The van der Waals surface area contributed by atoms with E-state index in [9.17, 15) is 19.2 Å². The van der Waals surface area contributed by atoms with Crippen LogP contribution in [0.4, 0.5) is 5.69 Å². The molecule has 0 unspecified atom stereocenters. The molecule has 2 bridgehead atoms. The van der Waals surface area contributed by atoms with Crippen LogP contribution in [-0.2, 0) is 23.9 Å². The first-order chi connectivity index (χ1) is 18.8. The topological polar surface area (TPSA) is 92.8 Å². The summed E-state index contributed by atoms with van der Waals surface area (Å²) in [6.45, 7) is 3.02. The summed E-state index contributed by atoms with van der Waals surface area (Å²) in [5.74, 6) is -4.04. The summed E-state index contributed by atoms with van der Waals surface area (Å²) in [7, 11) is 0. The number of amides is 3. The van der Waals surface area contributed by atoms with Crippen molar-refractivity contribution in [2.24, 2.45) is 17.8 Å². The second-order valence-corrected chi connectivity index (χ2v) is 11.6. The van der Waals surface area contributed by atoms with Crippen molar-refractivity contribution in [3.8, 4) is 0 Å². The van der Waals surface area contributed by atoms with E-state index in [0.717, 1.165) is 31.6 Å². The fraction of sp³-hybridized carbons (Fsp3) is 0.290. The van der Waals surface area contributed by atoms with Crippen molar-refractivity contribution in [2.45, 2.75) is 31.7 Å². The standard InChI is InChI=1S/C31H27BrN2O5/c1-16(2)28(31(38)39-15-23(35)33-18-13-11-17(32)12-14-18)34-29(36)26-24-19-7-3-4-8-20(19)25(27(26)30(34)37)22-10-6-5-9-21(22)24/h3-14,16,24-28H,15H2,1-2H3,(H,33,35)/t24?,25?,26-,27-,28-/m1/s1. The van der Waals surface area contributed by atoms with E-state index in [1.165, 1.54) is 0 Å². The summed E-state index contributed by atoms with van der Waals surface area (Å²) in [5.41, 5.74) is 4.83. The predicted octanol–water partition coefficient (Wildman–Crippen LogP) is 4.85.